The number of carbonyl (C=O) groups excluding carboxylic acids is 2. The number of pyridine rings is 1. The molecule has 216 valence electrons. The summed E-state index contributed by atoms with van der Waals surface area (Å²) in [6, 6.07) is 11.9. The van der Waals surface area contributed by atoms with Gasteiger partial charge in [0.1, 0.15) is 11.6 Å². The molecule has 0 saturated heterocycles. The number of nitrogens with one attached hydrogen (secondary N) is 1. The molecule has 0 aliphatic rings. The molecule has 0 saturated carbocycles. The predicted molar refractivity (Wildman–Crippen MR) is 137 cm³/mol. The van der Waals surface area contributed by atoms with Gasteiger partial charge in [-0.05, 0) is 48.4 Å². The predicted octanol–water partition coefficient (Wildman–Crippen LogP) is 7.93. The van der Waals surface area contributed by atoms with Gasteiger partial charge in [-0.25, -0.2) is 9.37 Å². The van der Waals surface area contributed by atoms with E-state index in [0.717, 1.165) is 19.1 Å². The van der Waals surface area contributed by atoms with Crippen molar-refractivity contribution < 1.29 is 44.7 Å². The van der Waals surface area contributed by atoms with Gasteiger partial charge in [0.15, 0.2) is 5.78 Å². The van der Waals surface area contributed by atoms with Gasteiger partial charge >= 0.3 is 12.4 Å². The van der Waals surface area contributed by atoms with Crippen LogP contribution in [0.1, 0.15) is 46.2 Å². The maximum atomic E-state index is 13.5. The maximum absolute atomic E-state index is 13.5. The van der Waals surface area contributed by atoms with Gasteiger partial charge in [0, 0.05) is 36.6 Å². The molecule has 1 unspecified atom stereocenters. The molecule has 2 aromatic heterocycles. The number of benzene rings is 2. The summed E-state index contributed by atoms with van der Waals surface area (Å²) in [6.45, 7) is 0.882. The highest BCUT2D eigenvalue weighted by atomic mass is 19.4. The molecule has 0 spiro atoms. The number of nitrogens with zero attached hydrogens (tertiary/aromatic N) is 1. The average Bonchev–Trinajstić information content (AvgIpc) is 3.28. The molecule has 1 amide bonds. The van der Waals surface area contributed by atoms with Crippen molar-refractivity contribution in [2.24, 2.45) is 5.92 Å². The van der Waals surface area contributed by atoms with Crippen LogP contribution < -0.4 is 5.32 Å². The number of furan rings is 1. The van der Waals surface area contributed by atoms with Crippen molar-refractivity contribution in [3.63, 3.8) is 0 Å². The number of halogens is 7. The zero-order valence-electron chi connectivity index (χ0n) is 21.7. The molecule has 0 bridgehead atoms. The quantitative estimate of drug-likeness (QED) is 0.170. The van der Waals surface area contributed by atoms with Crippen LogP contribution in [0.2, 0.25) is 0 Å². The number of hydrogen-bond acceptors (Lipinski definition) is 4. The Kier molecular flexibility index (Phi) is 8.23. The summed E-state index contributed by atoms with van der Waals surface area (Å²) in [7, 11) is 1.36. The zero-order chi connectivity index (χ0) is 30.1. The maximum Gasteiger partial charge on any atom is 0.391 e. The van der Waals surface area contributed by atoms with Crippen molar-refractivity contribution in [3.8, 4) is 22.5 Å². The van der Waals surface area contributed by atoms with Gasteiger partial charge in [-0.15, -0.1) is 0 Å². The second kappa shape index (κ2) is 11.3. The van der Waals surface area contributed by atoms with Crippen molar-refractivity contribution >= 4 is 22.8 Å². The van der Waals surface area contributed by atoms with Gasteiger partial charge in [-0.2, -0.15) is 26.3 Å². The van der Waals surface area contributed by atoms with Gasteiger partial charge in [0.2, 0.25) is 5.71 Å². The largest absolute Gasteiger partial charge is 0.437 e. The van der Waals surface area contributed by atoms with E-state index >= 15 is 0 Å². The molecule has 5 nitrogen and oxygen atoms in total. The standard InChI is InChI=1S/C29H23F7N2O3/c1-15(29(34,35)36)12-23(39)18-5-3-4-17(13-18)20-14-21-24(26(40)37-2)25(16-6-8-19(30)9-7-16)41-27(21)38-22(20)10-11-28(31,32)33/h3-9,13-15H,10-12H2,1-2H3,(H,37,40). The lowest BCUT2D eigenvalue weighted by Gasteiger charge is -2.15. The highest BCUT2D eigenvalue weighted by molar-refractivity contribution is 6.11. The number of aryl methyl sites for hydroxylation is 1. The number of hydrogen-bond donors (Lipinski definition) is 1. The van der Waals surface area contributed by atoms with Crippen molar-refractivity contribution in [1.82, 2.24) is 10.3 Å². The van der Waals surface area contributed by atoms with Crippen LogP contribution in [-0.2, 0) is 6.42 Å². The van der Waals surface area contributed by atoms with E-state index in [1.165, 1.54) is 49.5 Å². The molecule has 0 radical (unpaired) electrons. The van der Waals surface area contributed by atoms with E-state index in [1.54, 1.807) is 0 Å². The molecular weight excluding hydrogens is 557 g/mol. The monoisotopic (exact) mass is 580 g/mol. The van der Waals surface area contributed by atoms with E-state index < -0.39 is 55.0 Å². The zero-order valence-corrected chi connectivity index (χ0v) is 21.7. The van der Waals surface area contributed by atoms with Gasteiger partial charge in [-0.1, -0.05) is 25.1 Å². The molecule has 0 aliphatic carbocycles. The highest BCUT2D eigenvalue weighted by Gasteiger charge is 2.37. The summed E-state index contributed by atoms with van der Waals surface area (Å²) >= 11 is 0. The lowest BCUT2D eigenvalue weighted by atomic mass is 9.94. The second-order valence-corrected chi connectivity index (χ2v) is 9.49. The van der Waals surface area contributed by atoms with Crippen LogP contribution in [0.4, 0.5) is 30.7 Å². The lowest BCUT2D eigenvalue weighted by Crippen LogP contribution is -2.22. The average molecular weight is 581 g/mol. The molecule has 12 heteroatoms. The number of fused-ring (bicyclic) bond motifs is 1. The minimum atomic E-state index is -4.58. The summed E-state index contributed by atoms with van der Waals surface area (Å²) in [4.78, 5) is 29.9. The number of aromatic nitrogens is 1. The first-order valence-electron chi connectivity index (χ1n) is 12.4. The summed E-state index contributed by atoms with van der Waals surface area (Å²) < 4.78 is 97.9. The lowest BCUT2D eigenvalue weighted by molar-refractivity contribution is -0.168. The molecule has 4 rings (SSSR count). The minimum Gasteiger partial charge on any atom is -0.437 e. The Bertz CT molecular complexity index is 1590. The molecule has 0 fully saturated rings. The number of carbonyl (C=O) groups is 2. The summed E-state index contributed by atoms with van der Waals surface area (Å²) in [6.07, 6.45) is -11.7. The van der Waals surface area contributed by atoms with Gasteiger partial charge in [-0.3, -0.25) is 9.59 Å². The molecule has 2 aromatic carbocycles. The third kappa shape index (κ3) is 6.75. The molecule has 0 aliphatic heterocycles. The van der Waals surface area contributed by atoms with Crippen LogP contribution >= 0.6 is 0 Å². The smallest absolute Gasteiger partial charge is 0.391 e. The third-order valence-corrected chi connectivity index (χ3v) is 6.51. The first-order valence-corrected chi connectivity index (χ1v) is 12.4. The van der Waals surface area contributed by atoms with Crippen molar-refractivity contribution in [2.75, 3.05) is 7.05 Å². The number of rotatable bonds is 8. The molecule has 1 N–H and O–H groups in total. The Morgan fingerprint density at radius 3 is 2.27 bits per heavy atom. The van der Waals surface area contributed by atoms with Crippen LogP contribution in [0.5, 0.6) is 0 Å². The SMILES string of the molecule is CNC(=O)c1c(-c2ccc(F)cc2)oc2nc(CCC(F)(F)F)c(-c3cccc(C(=O)CC(C)C(F)(F)F)c3)cc12. The Balaban J connectivity index is 1.89. The highest BCUT2D eigenvalue weighted by Crippen LogP contribution is 2.38. The van der Waals surface area contributed by atoms with Crippen LogP contribution in [0.3, 0.4) is 0 Å². The summed E-state index contributed by atoms with van der Waals surface area (Å²) in [5.41, 5.74) is 0.391. The Morgan fingerprint density at radius 1 is 0.976 bits per heavy atom. The van der Waals surface area contributed by atoms with Crippen LogP contribution in [-0.4, -0.2) is 36.1 Å². The fourth-order valence-electron chi connectivity index (χ4n) is 4.29. The van der Waals surface area contributed by atoms with E-state index in [1.807, 2.05) is 0 Å². The number of ketones is 1. The van der Waals surface area contributed by atoms with Gasteiger partial charge in [0.25, 0.3) is 5.91 Å². The molecule has 1 atom stereocenters. The molecular formula is C29H23F7N2O3. The summed E-state index contributed by atoms with van der Waals surface area (Å²) in [5, 5.41) is 2.60. The third-order valence-electron chi connectivity index (χ3n) is 6.51. The van der Waals surface area contributed by atoms with Crippen LogP contribution in [0.15, 0.2) is 59.0 Å². The van der Waals surface area contributed by atoms with Gasteiger partial charge in [0.05, 0.1) is 22.6 Å². The second-order valence-electron chi connectivity index (χ2n) is 9.49. The minimum absolute atomic E-state index is 0.00328. The van der Waals surface area contributed by atoms with Gasteiger partial charge < -0.3 is 9.73 Å². The van der Waals surface area contributed by atoms with E-state index in [0.29, 0.717) is 5.56 Å². The van der Waals surface area contributed by atoms with Crippen molar-refractivity contribution in [1.29, 1.82) is 0 Å². The van der Waals surface area contributed by atoms with Crippen molar-refractivity contribution in [2.45, 2.75) is 38.5 Å². The number of alkyl halides is 6. The van der Waals surface area contributed by atoms with E-state index in [-0.39, 0.29) is 44.8 Å². The topological polar surface area (TPSA) is 72.2 Å². The number of amides is 1. The van der Waals surface area contributed by atoms with E-state index in [4.69, 9.17) is 4.42 Å². The van der Waals surface area contributed by atoms with Crippen molar-refractivity contribution in [3.05, 3.63) is 77.2 Å². The summed E-state index contributed by atoms with van der Waals surface area (Å²) in [5.74, 6) is -3.83. The first-order chi connectivity index (χ1) is 19.2. The Morgan fingerprint density at radius 2 is 1.66 bits per heavy atom. The Labute approximate surface area is 229 Å². The molecule has 4 aromatic rings. The van der Waals surface area contributed by atoms with Crippen LogP contribution in [0.25, 0.3) is 33.6 Å². The normalized spacial score (nSPS) is 12.9. The Hall–Kier alpha value is -4.22. The number of Topliss-reactive ketones (excluding diaryl/α,β-unsaturated/α-hetero) is 1. The molecule has 41 heavy (non-hydrogen) atoms. The van der Waals surface area contributed by atoms with E-state index in [2.05, 4.69) is 10.3 Å². The molecule has 2 heterocycles. The van der Waals surface area contributed by atoms with E-state index in [9.17, 15) is 40.3 Å². The fraction of sp³-hybridized carbons (Fsp3) is 0.276. The first kappa shape index (κ1) is 29.8. The van der Waals surface area contributed by atoms with Crippen LogP contribution in [0, 0.1) is 11.7 Å². The fourth-order valence-corrected chi connectivity index (χ4v) is 4.29.